The Morgan fingerprint density at radius 1 is 1.07 bits per heavy atom. The maximum Gasteiger partial charge on any atom is 0.305 e. The first-order valence-electron chi connectivity index (χ1n) is 14.4. The van der Waals surface area contributed by atoms with Crippen LogP contribution in [0.15, 0.2) is 55.0 Å². The summed E-state index contributed by atoms with van der Waals surface area (Å²) in [5.41, 5.74) is 5.09. The number of fused-ring (bicyclic) bond motifs is 2. The van der Waals surface area contributed by atoms with Gasteiger partial charge in [-0.05, 0) is 61.9 Å². The molecule has 218 valence electrons. The number of amides is 1. The number of aromatic nitrogens is 4. The molecule has 0 spiro atoms. The van der Waals surface area contributed by atoms with Gasteiger partial charge in [0.15, 0.2) is 0 Å². The minimum Gasteiger partial charge on any atom is -0.493 e. The number of likely N-dealkylation sites (N-methyl/N-ethyl adjacent to an activating group) is 1. The quantitative estimate of drug-likeness (QED) is 0.312. The summed E-state index contributed by atoms with van der Waals surface area (Å²) in [5.74, 6) is -0.357. The predicted octanol–water partition coefficient (Wildman–Crippen LogP) is 3.26. The lowest BCUT2D eigenvalue weighted by Gasteiger charge is -2.32. The lowest BCUT2D eigenvalue weighted by Crippen LogP contribution is -2.47. The van der Waals surface area contributed by atoms with E-state index in [1.807, 2.05) is 36.2 Å². The number of nitrogens with zero attached hydrogens (tertiary/aromatic N) is 6. The number of benzene rings is 1. The van der Waals surface area contributed by atoms with E-state index < -0.39 is 12.0 Å². The van der Waals surface area contributed by atoms with Crippen molar-refractivity contribution in [2.24, 2.45) is 0 Å². The monoisotopic (exact) mass is 569 g/mol. The van der Waals surface area contributed by atoms with Crippen molar-refractivity contribution in [1.82, 2.24) is 29.5 Å². The average molecular weight is 570 g/mol. The van der Waals surface area contributed by atoms with E-state index in [0.717, 1.165) is 60.5 Å². The fourth-order valence-electron chi connectivity index (χ4n) is 5.62. The molecule has 1 unspecified atom stereocenters. The molecule has 0 saturated carbocycles. The fourth-order valence-corrected chi connectivity index (χ4v) is 5.62. The molecule has 1 atom stereocenters. The molecule has 5 heterocycles. The molecule has 6 rings (SSSR count). The zero-order chi connectivity index (χ0) is 29.1. The molecular formula is C31H35N7O4. The van der Waals surface area contributed by atoms with Crippen molar-refractivity contribution in [3.8, 4) is 5.75 Å². The third-order valence-electron chi connectivity index (χ3n) is 7.98. The van der Waals surface area contributed by atoms with Gasteiger partial charge in [-0.1, -0.05) is 0 Å². The Balaban J connectivity index is 1.18. The van der Waals surface area contributed by atoms with Gasteiger partial charge in [-0.3, -0.25) is 24.2 Å². The normalized spacial score (nSPS) is 16.1. The number of hydrogen-bond donors (Lipinski definition) is 2. The second-order valence-corrected chi connectivity index (χ2v) is 11.0. The van der Waals surface area contributed by atoms with Crippen LogP contribution >= 0.6 is 0 Å². The van der Waals surface area contributed by atoms with E-state index in [-0.39, 0.29) is 12.3 Å². The van der Waals surface area contributed by atoms with Crippen molar-refractivity contribution in [2.45, 2.75) is 31.7 Å². The standard InChI is InChI=1S/C31H35N7O4/c1-36-10-12-37(13-11-36)31(41)23-15-21(18-32-19-23)29(17-30(39)40)38-28-7-5-25(16-22(28)20-34-38)42-14-8-24-4-6-26-27(35-24)3-2-9-33-26/h4-7,15-16,18-20,29,33H,2-3,8-14,17H2,1H3,(H,39,40). The Labute approximate surface area is 244 Å². The van der Waals surface area contributed by atoms with Crippen LogP contribution in [0.25, 0.3) is 10.9 Å². The minimum absolute atomic E-state index is 0.0964. The number of pyridine rings is 2. The van der Waals surface area contributed by atoms with E-state index in [1.54, 1.807) is 29.3 Å². The van der Waals surface area contributed by atoms with Crippen LogP contribution in [0.1, 0.15) is 46.2 Å². The summed E-state index contributed by atoms with van der Waals surface area (Å²) in [6, 6.07) is 10.9. The topological polar surface area (TPSA) is 126 Å². The highest BCUT2D eigenvalue weighted by molar-refractivity contribution is 5.94. The number of carboxylic acids is 1. The molecule has 1 saturated heterocycles. The third-order valence-corrected chi connectivity index (χ3v) is 7.98. The molecule has 11 heteroatoms. The van der Waals surface area contributed by atoms with Crippen molar-refractivity contribution in [1.29, 1.82) is 0 Å². The Morgan fingerprint density at radius 3 is 2.76 bits per heavy atom. The molecular weight excluding hydrogens is 534 g/mol. The van der Waals surface area contributed by atoms with Gasteiger partial charge in [-0.2, -0.15) is 5.10 Å². The van der Waals surface area contributed by atoms with Crippen LogP contribution in [0.5, 0.6) is 5.75 Å². The predicted molar refractivity (Wildman–Crippen MR) is 158 cm³/mol. The molecule has 0 aliphatic carbocycles. The van der Waals surface area contributed by atoms with Gasteiger partial charge in [0.25, 0.3) is 5.91 Å². The average Bonchev–Trinajstić information content (AvgIpc) is 3.43. The summed E-state index contributed by atoms with van der Waals surface area (Å²) in [7, 11) is 2.04. The van der Waals surface area contributed by atoms with Gasteiger partial charge < -0.3 is 25.0 Å². The molecule has 2 N–H and O–H groups in total. The van der Waals surface area contributed by atoms with Gasteiger partial charge in [0.2, 0.25) is 0 Å². The molecule has 3 aromatic heterocycles. The summed E-state index contributed by atoms with van der Waals surface area (Å²) >= 11 is 0. The van der Waals surface area contributed by atoms with Crippen LogP contribution in [-0.4, -0.2) is 92.9 Å². The summed E-state index contributed by atoms with van der Waals surface area (Å²) in [4.78, 5) is 38.2. The molecule has 11 nitrogen and oxygen atoms in total. The molecule has 0 bridgehead atoms. The first-order valence-corrected chi connectivity index (χ1v) is 14.4. The summed E-state index contributed by atoms with van der Waals surface area (Å²) in [5, 5.41) is 18.5. The molecule has 42 heavy (non-hydrogen) atoms. The van der Waals surface area contributed by atoms with E-state index in [9.17, 15) is 14.7 Å². The first kappa shape index (κ1) is 27.6. The SMILES string of the molecule is CN1CCN(C(=O)c2cncc(C(CC(=O)O)n3ncc4cc(OCCc5ccc6c(n5)CCCN6)ccc43)c2)CC1. The van der Waals surface area contributed by atoms with Gasteiger partial charge in [0.1, 0.15) is 5.75 Å². The highest BCUT2D eigenvalue weighted by atomic mass is 16.5. The summed E-state index contributed by atoms with van der Waals surface area (Å²) in [6.45, 7) is 4.40. The maximum absolute atomic E-state index is 13.2. The van der Waals surface area contributed by atoms with Crippen molar-refractivity contribution in [3.05, 3.63) is 77.5 Å². The Kier molecular flexibility index (Phi) is 8.00. The van der Waals surface area contributed by atoms with E-state index in [0.29, 0.717) is 43.0 Å². The number of rotatable bonds is 9. The number of aliphatic carboxylic acids is 1. The number of carboxylic acid groups (broad SMARTS) is 1. The second-order valence-electron chi connectivity index (χ2n) is 11.0. The van der Waals surface area contributed by atoms with Crippen molar-refractivity contribution in [2.75, 3.05) is 51.7 Å². The molecule has 2 aliphatic heterocycles. The number of nitrogens with one attached hydrogen (secondary N) is 1. The summed E-state index contributed by atoms with van der Waals surface area (Å²) < 4.78 is 7.74. The largest absolute Gasteiger partial charge is 0.493 e. The molecule has 1 aromatic carbocycles. The smallest absolute Gasteiger partial charge is 0.305 e. The maximum atomic E-state index is 13.2. The number of carbonyl (C=O) groups is 2. The highest BCUT2D eigenvalue weighted by Gasteiger charge is 2.25. The third kappa shape index (κ3) is 6.06. The van der Waals surface area contributed by atoms with E-state index in [4.69, 9.17) is 9.72 Å². The highest BCUT2D eigenvalue weighted by Crippen LogP contribution is 2.29. The van der Waals surface area contributed by atoms with Crippen molar-refractivity contribution < 1.29 is 19.4 Å². The lowest BCUT2D eigenvalue weighted by atomic mass is 10.0. The van der Waals surface area contributed by atoms with Crippen LogP contribution < -0.4 is 10.1 Å². The van der Waals surface area contributed by atoms with Crippen LogP contribution in [0, 0.1) is 0 Å². The van der Waals surface area contributed by atoms with E-state index in [1.165, 1.54) is 0 Å². The lowest BCUT2D eigenvalue weighted by molar-refractivity contribution is -0.137. The van der Waals surface area contributed by atoms with Gasteiger partial charge in [0.05, 0.1) is 47.7 Å². The Bertz CT molecular complexity index is 1600. The Morgan fingerprint density at radius 2 is 1.93 bits per heavy atom. The Hall–Kier alpha value is -4.51. The van der Waals surface area contributed by atoms with Crippen LogP contribution in [0.4, 0.5) is 5.69 Å². The van der Waals surface area contributed by atoms with Gasteiger partial charge in [-0.25, -0.2) is 0 Å². The number of ether oxygens (including phenoxy) is 1. The molecule has 4 aromatic rings. The zero-order valence-electron chi connectivity index (χ0n) is 23.7. The van der Waals surface area contributed by atoms with Crippen LogP contribution in [0.3, 0.4) is 0 Å². The van der Waals surface area contributed by atoms with Crippen molar-refractivity contribution in [3.63, 3.8) is 0 Å². The zero-order valence-corrected chi connectivity index (χ0v) is 23.7. The minimum atomic E-state index is -0.967. The number of aryl methyl sites for hydroxylation is 1. The molecule has 2 aliphatic rings. The summed E-state index contributed by atoms with van der Waals surface area (Å²) in [6.07, 6.45) is 7.45. The molecule has 1 fully saturated rings. The van der Waals surface area contributed by atoms with Gasteiger partial charge >= 0.3 is 5.97 Å². The van der Waals surface area contributed by atoms with E-state index >= 15 is 0 Å². The van der Waals surface area contributed by atoms with Gasteiger partial charge in [-0.15, -0.1) is 0 Å². The van der Waals surface area contributed by atoms with Crippen molar-refractivity contribution >= 4 is 28.5 Å². The number of anilines is 1. The number of carbonyl (C=O) groups excluding carboxylic acids is 1. The number of piperazine rings is 1. The molecule has 0 radical (unpaired) electrons. The van der Waals surface area contributed by atoms with Gasteiger partial charge in [0, 0.05) is 62.6 Å². The van der Waals surface area contributed by atoms with Crippen LogP contribution in [-0.2, 0) is 17.6 Å². The first-order chi connectivity index (χ1) is 20.4. The number of hydrogen-bond acceptors (Lipinski definition) is 8. The van der Waals surface area contributed by atoms with E-state index in [2.05, 4.69) is 26.4 Å². The fraction of sp³-hybridized carbons (Fsp3) is 0.387. The molecule has 1 amide bonds. The second kappa shape index (κ2) is 12.2. The van der Waals surface area contributed by atoms with Crippen LogP contribution in [0.2, 0.25) is 0 Å².